The molecule has 5 N–H and O–H groups in total. The number of rotatable bonds is 4. The predicted octanol–water partition coefficient (Wildman–Crippen LogP) is -1.82. The van der Waals surface area contributed by atoms with Crippen LogP contribution in [0.25, 0.3) is 0 Å². The van der Waals surface area contributed by atoms with Crippen molar-refractivity contribution in [1.29, 1.82) is 0 Å². The largest absolute Gasteiger partial charge is 0.479 e. The third-order valence-corrected chi connectivity index (χ3v) is 3.27. The molecule has 0 aromatic carbocycles. The summed E-state index contributed by atoms with van der Waals surface area (Å²) < 4.78 is 10.6. The van der Waals surface area contributed by atoms with Gasteiger partial charge in [-0.05, 0) is 0 Å². The van der Waals surface area contributed by atoms with Crippen LogP contribution in [-0.2, 0) is 14.2 Å². The first-order chi connectivity index (χ1) is 7.17. The summed E-state index contributed by atoms with van der Waals surface area (Å²) in [5.74, 6) is -2.22. The maximum atomic E-state index is 11.6. The van der Waals surface area contributed by atoms with E-state index in [9.17, 15) is 14.2 Å². The maximum absolute atomic E-state index is 11.6. The van der Waals surface area contributed by atoms with Gasteiger partial charge in [0.05, 0.1) is 6.16 Å². The number of carbonyl (C=O) groups excluding carboxylic acids is 1. The summed E-state index contributed by atoms with van der Waals surface area (Å²) in [4.78, 5) is 40.6. The average Bonchev–Trinajstić information content (AvgIpc) is 2.41. The zero-order valence-corrected chi connectivity index (χ0v) is 9.26. The summed E-state index contributed by atoms with van der Waals surface area (Å²) >= 11 is 0. The van der Waals surface area contributed by atoms with Gasteiger partial charge in [0.25, 0.3) is 5.91 Å². The Hall–Kier alpha value is -0.950. The van der Waals surface area contributed by atoms with Crippen molar-refractivity contribution in [3.05, 3.63) is 0 Å². The van der Waals surface area contributed by atoms with Crippen molar-refractivity contribution in [2.24, 2.45) is 5.73 Å². The highest BCUT2D eigenvalue weighted by molar-refractivity contribution is 7.51. The molecule has 8 nitrogen and oxygen atoms in total. The quantitative estimate of drug-likeness (QED) is 0.341. The van der Waals surface area contributed by atoms with E-state index in [1.807, 2.05) is 0 Å². The van der Waals surface area contributed by atoms with Gasteiger partial charge in [0.15, 0.2) is 5.54 Å². The molecule has 1 amide bonds. The van der Waals surface area contributed by atoms with Crippen LogP contribution in [0.15, 0.2) is 0 Å². The molecule has 1 rings (SSSR count). The molecule has 1 aliphatic rings. The van der Waals surface area contributed by atoms with Gasteiger partial charge in [0.2, 0.25) is 0 Å². The minimum atomic E-state index is -4.19. The third-order valence-electron chi connectivity index (χ3n) is 2.49. The van der Waals surface area contributed by atoms with Crippen LogP contribution in [0.3, 0.4) is 0 Å². The molecule has 0 bridgehead atoms. The van der Waals surface area contributed by atoms with E-state index in [-0.39, 0.29) is 19.5 Å². The average molecular weight is 252 g/mol. The molecule has 1 unspecified atom stereocenters. The Morgan fingerprint density at radius 1 is 1.56 bits per heavy atom. The van der Waals surface area contributed by atoms with Gasteiger partial charge in [-0.15, -0.1) is 0 Å². The normalized spacial score (nSPS) is 26.2. The standard InChI is InChI=1S/C7H13N2O6P/c8-7(6(11)12)1-2-9(5(7)10)3-4-16(13,14)15/h1-4,8H2,(H,11,12)(H2,13,14,15). The summed E-state index contributed by atoms with van der Waals surface area (Å²) in [5, 5.41) is 8.76. The molecule has 0 aliphatic carbocycles. The molecule has 1 aliphatic heterocycles. The fourth-order valence-electron chi connectivity index (χ4n) is 1.46. The van der Waals surface area contributed by atoms with Gasteiger partial charge in [-0.1, -0.05) is 0 Å². The van der Waals surface area contributed by atoms with Gasteiger partial charge in [-0.2, -0.15) is 0 Å². The monoisotopic (exact) mass is 252 g/mol. The lowest BCUT2D eigenvalue weighted by atomic mass is 10.0. The Balaban J connectivity index is 2.65. The number of carbonyl (C=O) groups is 2. The zero-order valence-electron chi connectivity index (χ0n) is 8.37. The van der Waals surface area contributed by atoms with Crippen molar-refractivity contribution in [3.63, 3.8) is 0 Å². The van der Waals surface area contributed by atoms with E-state index in [1.54, 1.807) is 0 Å². The van der Waals surface area contributed by atoms with E-state index >= 15 is 0 Å². The summed E-state index contributed by atoms with van der Waals surface area (Å²) in [6, 6.07) is 0. The van der Waals surface area contributed by atoms with Crippen LogP contribution in [-0.4, -0.2) is 56.5 Å². The molecule has 1 fully saturated rings. The molecular weight excluding hydrogens is 239 g/mol. The molecule has 92 valence electrons. The third kappa shape index (κ3) is 2.59. The highest BCUT2D eigenvalue weighted by atomic mass is 31.2. The number of amides is 1. The highest BCUT2D eigenvalue weighted by Crippen LogP contribution is 2.34. The summed E-state index contributed by atoms with van der Waals surface area (Å²) in [6.45, 7) is -0.0863. The van der Waals surface area contributed by atoms with Crippen LogP contribution in [0.4, 0.5) is 0 Å². The highest BCUT2D eigenvalue weighted by Gasteiger charge is 2.49. The zero-order chi connectivity index (χ0) is 12.6. The van der Waals surface area contributed by atoms with Crippen LogP contribution in [0, 0.1) is 0 Å². The number of likely N-dealkylation sites (tertiary alicyclic amines) is 1. The van der Waals surface area contributed by atoms with Crippen molar-refractivity contribution in [2.45, 2.75) is 12.0 Å². The number of hydrogen-bond acceptors (Lipinski definition) is 4. The van der Waals surface area contributed by atoms with E-state index in [0.29, 0.717) is 0 Å². The molecule has 1 saturated heterocycles. The van der Waals surface area contributed by atoms with Crippen LogP contribution in [0.1, 0.15) is 6.42 Å². The lowest BCUT2D eigenvalue weighted by molar-refractivity contribution is -0.149. The Morgan fingerprint density at radius 2 is 2.12 bits per heavy atom. The van der Waals surface area contributed by atoms with Crippen molar-refractivity contribution in [1.82, 2.24) is 4.90 Å². The van der Waals surface area contributed by atoms with Crippen LogP contribution in [0.2, 0.25) is 0 Å². The minimum absolute atomic E-state index is 0.0532. The second-order valence-corrected chi connectivity index (χ2v) is 5.48. The molecule has 9 heteroatoms. The fraction of sp³-hybridized carbons (Fsp3) is 0.714. The summed E-state index contributed by atoms with van der Waals surface area (Å²) in [5.41, 5.74) is 3.44. The van der Waals surface area contributed by atoms with E-state index in [0.717, 1.165) is 4.90 Å². The fourth-order valence-corrected chi connectivity index (χ4v) is 1.97. The smallest absolute Gasteiger partial charge is 0.333 e. The van der Waals surface area contributed by atoms with Crippen LogP contribution < -0.4 is 5.73 Å². The van der Waals surface area contributed by atoms with E-state index in [2.05, 4.69) is 0 Å². The number of hydrogen-bond donors (Lipinski definition) is 4. The number of carboxylic acid groups (broad SMARTS) is 1. The molecule has 1 atom stereocenters. The number of nitrogens with zero attached hydrogens (tertiary/aromatic N) is 1. The molecule has 1 heterocycles. The van der Waals surface area contributed by atoms with Gasteiger partial charge in [0, 0.05) is 19.5 Å². The van der Waals surface area contributed by atoms with Gasteiger partial charge in [-0.3, -0.25) is 9.36 Å². The minimum Gasteiger partial charge on any atom is -0.479 e. The first kappa shape index (κ1) is 13.1. The SMILES string of the molecule is NC1(C(=O)O)CCN(CCP(=O)(O)O)C1=O. The number of nitrogens with two attached hydrogens (primary N) is 1. The Kier molecular flexibility index (Phi) is 3.39. The Morgan fingerprint density at radius 3 is 2.50 bits per heavy atom. The second-order valence-electron chi connectivity index (χ2n) is 3.71. The lowest BCUT2D eigenvalue weighted by Crippen LogP contribution is -2.54. The van der Waals surface area contributed by atoms with E-state index in [4.69, 9.17) is 20.6 Å². The number of carboxylic acids is 1. The molecule has 0 aromatic heterocycles. The molecule has 0 saturated carbocycles. The summed E-state index contributed by atoms with van der Waals surface area (Å²) in [6.07, 6.45) is -0.545. The van der Waals surface area contributed by atoms with Gasteiger partial charge in [-0.25, -0.2) is 4.79 Å². The topological polar surface area (TPSA) is 141 Å². The molecular formula is C7H13N2O6P. The second kappa shape index (κ2) is 4.14. The Bertz CT molecular complexity index is 366. The predicted molar refractivity (Wildman–Crippen MR) is 52.7 cm³/mol. The lowest BCUT2D eigenvalue weighted by Gasteiger charge is -2.19. The summed E-state index contributed by atoms with van der Waals surface area (Å²) in [7, 11) is -4.19. The van der Waals surface area contributed by atoms with E-state index < -0.39 is 31.2 Å². The molecule has 0 spiro atoms. The molecule has 16 heavy (non-hydrogen) atoms. The van der Waals surface area contributed by atoms with Gasteiger partial charge < -0.3 is 25.5 Å². The van der Waals surface area contributed by atoms with Gasteiger partial charge >= 0.3 is 13.6 Å². The Labute approximate surface area is 91.2 Å². The van der Waals surface area contributed by atoms with E-state index in [1.165, 1.54) is 0 Å². The van der Waals surface area contributed by atoms with Crippen molar-refractivity contribution >= 4 is 19.5 Å². The van der Waals surface area contributed by atoms with Crippen LogP contribution >= 0.6 is 7.60 Å². The molecule has 0 aromatic rings. The first-order valence-electron chi connectivity index (χ1n) is 4.53. The van der Waals surface area contributed by atoms with Crippen LogP contribution in [0.5, 0.6) is 0 Å². The van der Waals surface area contributed by atoms with Gasteiger partial charge in [0.1, 0.15) is 0 Å². The molecule has 0 radical (unpaired) electrons. The van der Waals surface area contributed by atoms with Crippen molar-refractivity contribution < 1.29 is 29.0 Å². The maximum Gasteiger partial charge on any atom is 0.333 e. The first-order valence-corrected chi connectivity index (χ1v) is 6.33. The van der Waals surface area contributed by atoms with Crippen molar-refractivity contribution in [2.75, 3.05) is 19.3 Å². The number of aliphatic carboxylic acids is 1. The van der Waals surface area contributed by atoms with Crippen molar-refractivity contribution in [3.8, 4) is 0 Å².